The molecule has 0 aliphatic carbocycles. The van der Waals surface area contributed by atoms with Gasteiger partial charge < -0.3 is 5.11 Å². The van der Waals surface area contributed by atoms with Crippen molar-refractivity contribution in [2.75, 3.05) is 0 Å². The molecule has 2 aromatic carbocycles. The quantitative estimate of drug-likeness (QED) is 0.502. The van der Waals surface area contributed by atoms with Crippen molar-refractivity contribution >= 4 is 35.2 Å². The highest BCUT2D eigenvalue weighted by molar-refractivity contribution is 6.34. The van der Waals surface area contributed by atoms with Gasteiger partial charge in [-0.05, 0) is 41.5 Å². The van der Waals surface area contributed by atoms with Gasteiger partial charge in [0.25, 0.3) is 5.92 Å². The van der Waals surface area contributed by atoms with E-state index < -0.39 is 35.1 Å². The van der Waals surface area contributed by atoms with Crippen LogP contribution in [-0.4, -0.2) is 17.0 Å². The Morgan fingerprint density at radius 3 is 2.07 bits per heavy atom. The van der Waals surface area contributed by atoms with Gasteiger partial charge in [-0.3, -0.25) is 0 Å². The summed E-state index contributed by atoms with van der Waals surface area (Å²) in [4.78, 5) is 11.0. The van der Waals surface area contributed by atoms with Crippen LogP contribution in [-0.2, 0) is 6.18 Å². The second kappa shape index (κ2) is 8.09. The number of hydrogen-bond donors (Lipinski definition) is 1. The number of benzene rings is 2. The van der Waals surface area contributed by atoms with Crippen molar-refractivity contribution in [2.45, 2.75) is 24.9 Å². The standard InChI is InChI=1S/C19H13Cl2F5O2/c1-18(22,23)15(11-7-12(20)9-13(21)8-11)5-3-10-2-4-14(17(27)28)16(6-10)19(24,25)26/h2-9,15H,1H3,(H,27,28)/b5-3+. The average Bonchev–Trinajstić information content (AvgIpc) is 2.51. The normalized spacial score (nSPS) is 13.7. The average molecular weight is 439 g/mol. The highest BCUT2D eigenvalue weighted by Crippen LogP contribution is 2.38. The number of aromatic carboxylic acids is 1. The van der Waals surface area contributed by atoms with Gasteiger partial charge in [0.2, 0.25) is 0 Å². The van der Waals surface area contributed by atoms with E-state index in [1.807, 2.05) is 0 Å². The minimum absolute atomic E-state index is 0.0828. The number of rotatable bonds is 5. The minimum Gasteiger partial charge on any atom is -0.478 e. The molecule has 0 heterocycles. The zero-order valence-electron chi connectivity index (χ0n) is 14.2. The molecule has 0 saturated heterocycles. The van der Waals surface area contributed by atoms with Crippen molar-refractivity contribution in [1.82, 2.24) is 0 Å². The Labute approximate surface area is 167 Å². The number of carboxylic acids is 1. The van der Waals surface area contributed by atoms with Gasteiger partial charge in [0, 0.05) is 17.0 Å². The molecule has 0 bridgehead atoms. The van der Waals surface area contributed by atoms with E-state index in [2.05, 4.69) is 0 Å². The van der Waals surface area contributed by atoms with Crippen LogP contribution >= 0.6 is 23.2 Å². The fourth-order valence-corrected chi connectivity index (χ4v) is 3.16. The molecule has 2 aromatic rings. The molecule has 9 heteroatoms. The van der Waals surface area contributed by atoms with E-state index in [0.717, 1.165) is 24.3 Å². The second-order valence-corrected chi connectivity index (χ2v) is 6.98. The van der Waals surface area contributed by atoms with Crippen LogP contribution in [0.25, 0.3) is 6.08 Å². The van der Waals surface area contributed by atoms with Gasteiger partial charge >= 0.3 is 12.1 Å². The fraction of sp³-hybridized carbons (Fsp3) is 0.211. The van der Waals surface area contributed by atoms with Gasteiger partial charge in [-0.25, -0.2) is 13.6 Å². The molecule has 0 saturated carbocycles. The van der Waals surface area contributed by atoms with Gasteiger partial charge in [0.05, 0.1) is 17.0 Å². The topological polar surface area (TPSA) is 37.3 Å². The van der Waals surface area contributed by atoms with Gasteiger partial charge in [0.1, 0.15) is 0 Å². The highest BCUT2D eigenvalue weighted by atomic mass is 35.5. The Morgan fingerprint density at radius 2 is 1.61 bits per heavy atom. The second-order valence-electron chi connectivity index (χ2n) is 6.10. The van der Waals surface area contributed by atoms with E-state index in [4.69, 9.17) is 28.3 Å². The number of alkyl halides is 5. The summed E-state index contributed by atoms with van der Waals surface area (Å²) >= 11 is 11.7. The van der Waals surface area contributed by atoms with E-state index in [-0.39, 0.29) is 21.2 Å². The fourth-order valence-electron chi connectivity index (χ4n) is 2.62. The van der Waals surface area contributed by atoms with Crippen molar-refractivity contribution in [3.63, 3.8) is 0 Å². The maximum Gasteiger partial charge on any atom is 0.417 e. The maximum atomic E-state index is 14.1. The molecule has 1 N–H and O–H groups in total. The number of carboxylic acid groups (broad SMARTS) is 1. The largest absolute Gasteiger partial charge is 0.478 e. The van der Waals surface area contributed by atoms with Gasteiger partial charge in [0.15, 0.2) is 0 Å². The molecule has 1 unspecified atom stereocenters. The van der Waals surface area contributed by atoms with E-state index in [1.54, 1.807) is 0 Å². The lowest BCUT2D eigenvalue weighted by atomic mass is 9.92. The number of carbonyl (C=O) groups is 1. The summed E-state index contributed by atoms with van der Waals surface area (Å²) < 4.78 is 67.4. The Hall–Kier alpha value is -2.12. The zero-order chi connectivity index (χ0) is 21.3. The first kappa shape index (κ1) is 22.2. The molecule has 0 aliphatic heterocycles. The van der Waals surface area contributed by atoms with Crippen LogP contribution in [0.1, 0.15) is 39.9 Å². The molecule has 0 spiro atoms. The van der Waals surface area contributed by atoms with E-state index in [1.165, 1.54) is 18.2 Å². The lowest BCUT2D eigenvalue weighted by Gasteiger charge is -2.21. The Bertz CT molecular complexity index is 897. The Balaban J connectivity index is 2.49. The van der Waals surface area contributed by atoms with Gasteiger partial charge in [-0.2, -0.15) is 13.2 Å². The molecule has 0 fully saturated rings. The summed E-state index contributed by atoms with van der Waals surface area (Å²) in [5.41, 5.74) is -2.30. The molecule has 0 aliphatic rings. The summed E-state index contributed by atoms with van der Waals surface area (Å²) in [6, 6.07) is 6.41. The number of halogens is 7. The van der Waals surface area contributed by atoms with Crippen LogP contribution < -0.4 is 0 Å². The van der Waals surface area contributed by atoms with E-state index in [9.17, 15) is 26.7 Å². The van der Waals surface area contributed by atoms with Crippen molar-refractivity contribution in [3.05, 3.63) is 74.8 Å². The summed E-state index contributed by atoms with van der Waals surface area (Å²) in [7, 11) is 0. The first-order valence-corrected chi connectivity index (χ1v) is 8.51. The summed E-state index contributed by atoms with van der Waals surface area (Å²) in [6.07, 6.45) is -2.82. The summed E-state index contributed by atoms with van der Waals surface area (Å²) in [6.45, 7) is 0.658. The monoisotopic (exact) mass is 438 g/mol. The van der Waals surface area contributed by atoms with Crippen LogP contribution in [0.5, 0.6) is 0 Å². The lowest BCUT2D eigenvalue weighted by Crippen LogP contribution is -2.20. The smallest absolute Gasteiger partial charge is 0.417 e. The molecule has 0 radical (unpaired) electrons. The first-order valence-electron chi connectivity index (χ1n) is 7.75. The van der Waals surface area contributed by atoms with Crippen molar-refractivity contribution in [3.8, 4) is 0 Å². The molecule has 0 amide bonds. The third kappa shape index (κ3) is 5.45. The lowest BCUT2D eigenvalue weighted by molar-refractivity contribution is -0.138. The van der Waals surface area contributed by atoms with Crippen LogP contribution in [0.15, 0.2) is 42.5 Å². The highest BCUT2D eigenvalue weighted by Gasteiger charge is 2.36. The van der Waals surface area contributed by atoms with Crippen LogP contribution in [0.3, 0.4) is 0 Å². The predicted octanol–water partition coefficient (Wildman–Crippen LogP) is 7.16. The van der Waals surface area contributed by atoms with Crippen LogP contribution in [0.4, 0.5) is 22.0 Å². The molecule has 1 atom stereocenters. The molecule has 0 aromatic heterocycles. The first-order chi connectivity index (χ1) is 12.8. The van der Waals surface area contributed by atoms with Crippen molar-refractivity contribution < 1.29 is 31.9 Å². The zero-order valence-corrected chi connectivity index (χ0v) is 15.7. The van der Waals surface area contributed by atoms with Gasteiger partial charge in [-0.15, -0.1) is 0 Å². The SMILES string of the molecule is CC(F)(F)C(/C=C/c1ccc(C(=O)O)c(C(F)(F)F)c1)c1cc(Cl)cc(Cl)c1. The number of allylic oxidation sites excluding steroid dienone is 1. The summed E-state index contributed by atoms with van der Waals surface area (Å²) in [5.74, 6) is -6.52. The summed E-state index contributed by atoms with van der Waals surface area (Å²) in [5, 5.41) is 9.17. The molecule has 2 rings (SSSR count). The number of hydrogen-bond acceptors (Lipinski definition) is 1. The molecular formula is C19H13Cl2F5O2. The van der Waals surface area contributed by atoms with Crippen molar-refractivity contribution in [1.29, 1.82) is 0 Å². The third-order valence-corrected chi connectivity index (χ3v) is 4.29. The minimum atomic E-state index is -4.91. The van der Waals surface area contributed by atoms with E-state index in [0.29, 0.717) is 13.0 Å². The van der Waals surface area contributed by atoms with Gasteiger partial charge in [-0.1, -0.05) is 41.4 Å². The van der Waals surface area contributed by atoms with E-state index >= 15 is 0 Å². The predicted molar refractivity (Wildman–Crippen MR) is 97.3 cm³/mol. The molecule has 2 nitrogen and oxygen atoms in total. The third-order valence-electron chi connectivity index (χ3n) is 3.85. The molecule has 150 valence electrons. The Morgan fingerprint density at radius 1 is 1.04 bits per heavy atom. The molecular weight excluding hydrogens is 426 g/mol. The Kier molecular flexibility index (Phi) is 6.41. The van der Waals surface area contributed by atoms with Crippen LogP contribution in [0.2, 0.25) is 10.0 Å². The molecule has 28 heavy (non-hydrogen) atoms. The van der Waals surface area contributed by atoms with Crippen LogP contribution in [0, 0.1) is 0 Å². The van der Waals surface area contributed by atoms with Crippen molar-refractivity contribution in [2.24, 2.45) is 0 Å². The maximum absolute atomic E-state index is 14.1.